The predicted molar refractivity (Wildman–Crippen MR) is 36.2 cm³/mol. The summed E-state index contributed by atoms with van der Waals surface area (Å²) in [4.78, 5) is 9.90. The van der Waals surface area contributed by atoms with Crippen LogP contribution in [-0.2, 0) is 19.1 Å². The Bertz CT molecular complexity index is 231. The van der Waals surface area contributed by atoms with E-state index in [1.54, 1.807) is 0 Å². The minimum Gasteiger partial charge on any atom is -0.480 e. The van der Waals surface area contributed by atoms with Gasteiger partial charge in [0.25, 0.3) is 10.1 Å². The second kappa shape index (κ2) is 3.65. The van der Waals surface area contributed by atoms with Crippen LogP contribution in [0, 0.1) is 0 Å². The van der Waals surface area contributed by atoms with Crippen molar-refractivity contribution >= 4 is 16.1 Å². The van der Waals surface area contributed by atoms with Gasteiger partial charge in [-0.1, -0.05) is 0 Å². The first-order valence-corrected chi connectivity index (χ1v) is 4.29. The second-order valence-electron chi connectivity index (χ2n) is 1.90. The molecule has 0 rings (SSSR count). The van der Waals surface area contributed by atoms with Gasteiger partial charge in [0.05, 0.1) is 0 Å². The zero-order valence-corrected chi connectivity index (χ0v) is 6.67. The van der Waals surface area contributed by atoms with Gasteiger partial charge in [-0.3, -0.25) is 8.98 Å². The highest BCUT2D eigenvalue weighted by molar-refractivity contribution is 7.87. The number of carboxylic acid groups (broad SMARTS) is 1. The van der Waals surface area contributed by atoms with Gasteiger partial charge in [-0.15, -0.1) is 0 Å². The fourth-order valence-electron chi connectivity index (χ4n) is 0.416. The van der Waals surface area contributed by atoms with Crippen molar-refractivity contribution in [2.24, 2.45) is 5.73 Å². The Morgan fingerprint density at radius 1 is 1.73 bits per heavy atom. The first-order valence-electron chi connectivity index (χ1n) is 2.72. The Hall–Kier alpha value is -0.660. The average molecular weight is 183 g/mol. The number of carbonyl (C=O) groups is 1. The number of carboxylic acids is 1. The third-order valence-electron chi connectivity index (χ3n) is 0.599. The highest BCUT2D eigenvalue weighted by atomic mass is 32.2. The highest BCUT2D eigenvalue weighted by Crippen LogP contribution is 1.94. The molecule has 0 bridgehead atoms. The summed E-state index contributed by atoms with van der Waals surface area (Å²) in [5.74, 6) is -2.53. The summed E-state index contributed by atoms with van der Waals surface area (Å²) in [6.07, 6.45) is -1.01. The van der Waals surface area contributed by atoms with Crippen LogP contribution in [0.3, 0.4) is 0 Å². The molecule has 0 saturated heterocycles. The van der Waals surface area contributed by atoms with Crippen molar-refractivity contribution in [1.82, 2.24) is 0 Å². The number of aliphatic carboxylic acids is 1. The second-order valence-corrected chi connectivity index (χ2v) is 3.49. The lowest BCUT2D eigenvalue weighted by atomic mass is 10.7. The topological polar surface area (TPSA) is 107 Å². The van der Waals surface area contributed by atoms with E-state index in [-0.39, 0.29) is 0 Å². The van der Waals surface area contributed by atoms with Crippen molar-refractivity contribution in [3.63, 3.8) is 0 Å². The van der Waals surface area contributed by atoms with Gasteiger partial charge < -0.3 is 10.8 Å². The van der Waals surface area contributed by atoms with E-state index in [0.29, 0.717) is 0 Å². The Morgan fingerprint density at radius 2 is 2.18 bits per heavy atom. The van der Waals surface area contributed by atoms with Crippen LogP contribution in [0.25, 0.3) is 0 Å². The maximum Gasteiger partial charge on any atom is 0.321 e. The third kappa shape index (κ3) is 5.77. The maximum absolute atomic E-state index is 10.6. The summed E-state index contributed by atoms with van der Waals surface area (Å²) < 4.78 is 25.3. The van der Waals surface area contributed by atoms with Crippen LogP contribution in [0.1, 0.15) is 6.92 Å². The number of rotatable bonds is 4. The van der Waals surface area contributed by atoms with E-state index in [4.69, 9.17) is 10.8 Å². The van der Waals surface area contributed by atoms with Crippen molar-refractivity contribution in [2.45, 2.75) is 13.2 Å². The lowest BCUT2D eigenvalue weighted by Crippen LogP contribution is -2.27. The van der Waals surface area contributed by atoms with Gasteiger partial charge in [0.15, 0.2) is 5.75 Å². The monoisotopic (exact) mass is 183 g/mol. The number of hydrogen-bond acceptors (Lipinski definition) is 5. The fourth-order valence-corrected chi connectivity index (χ4v) is 1.25. The zero-order valence-electron chi connectivity index (χ0n) is 5.85. The molecule has 0 aliphatic carbocycles. The van der Waals surface area contributed by atoms with Gasteiger partial charge in [0.2, 0.25) is 0 Å². The molecule has 1 unspecified atom stereocenters. The molecule has 0 radical (unpaired) electrons. The van der Waals surface area contributed by atoms with Crippen LogP contribution in [-0.4, -0.2) is 31.5 Å². The first-order chi connectivity index (χ1) is 4.83. The van der Waals surface area contributed by atoms with Crippen LogP contribution in [0.15, 0.2) is 0 Å². The molecule has 0 heterocycles. The molecule has 0 aliphatic heterocycles. The van der Waals surface area contributed by atoms with Crippen molar-refractivity contribution < 1.29 is 22.5 Å². The van der Waals surface area contributed by atoms with E-state index in [9.17, 15) is 13.2 Å². The normalized spacial score (nSPS) is 14.4. The van der Waals surface area contributed by atoms with E-state index in [1.807, 2.05) is 0 Å². The van der Waals surface area contributed by atoms with Crippen molar-refractivity contribution in [1.29, 1.82) is 0 Å². The summed E-state index contributed by atoms with van der Waals surface area (Å²) in [6.45, 7) is 1.29. The molecule has 0 fully saturated rings. The van der Waals surface area contributed by atoms with E-state index in [1.165, 1.54) is 6.92 Å². The van der Waals surface area contributed by atoms with Gasteiger partial charge in [0, 0.05) is 0 Å². The highest BCUT2D eigenvalue weighted by Gasteiger charge is 2.17. The van der Waals surface area contributed by atoms with E-state index >= 15 is 0 Å². The van der Waals surface area contributed by atoms with Crippen LogP contribution < -0.4 is 5.73 Å². The van der Waals surface area contributed by atoms with Gasteiger partial charge in [-0.2, -0.15) is 8.42 Å². The Kier molecular flexibility index (Phi) is 3.43. The van der Waals surface area contributed by atoms with E-state index in [0.717, 1.165) is 0 Å². The third-order valence-corrected chi connectivity index (χ3v) is 1.80. The molecular weight excluding hydrogens is 174 g/mol. The van der Waals surface area contributed by atoms with E-state index in [2.05, 4.69) is 4.18 Å². The molecule has 0 saturated carbocycles. The summed E-state index contributed by atoms with van der Waals surface area (Å²) in [7, 11) is -4.00. The molecule has 11 heavy (non-hydrogen) atoms. The van der Waals surface area contributed by atoms with Crippen molar-refractivity contribution in [3.8, 4) is 0 Å². The molecule has 66 valence electrons. The largest absolute Gasteiger partial charge is 0.480 e. The Labute approximate surface area is 64.1 Å². The van der Waals surface area contributed by atoms with Crippen molar-refractivity contribution in [3.05, 3.63) is 0 Å². The number of nitrogens with two attached hydrogens (primary N) is 1. The predicted octanol–water partition coefficient (Wildman–Crippen LogP) is -1.28. The minimum absolute atomic E-state index is 1.01. The van der Waals surface area contributed by atoms with Crippen LogP contribution in [0.2, 0.25) is 0 Å². The minimum atomic E-state index is -4.00. The molecule has 0 aliphatic rings. The molecule has 6 nitrogen and oxygen atoms in total. The lowest BCUT2D eigenvalue weighted by molar-refractivity contribution is -0.134. The maximum atomic E-state index is 10.6. The number of hydrogen-bond donors (Lipinski definition) is 2. The van der Waals surface area contributed by atoms with Crippen molar-refractivity contribution in [2.75, 3.05) is 5.75 Å². The van der Waals surface area contributed by atoms with Gasteiger partial charge in [-0.25, -0.2) is 0 Å². The average Bonchev–Trinajstić information content (AvgIpc) is 1.53. The smallest absolute Gasteiger partial charge is 0.321 e. The molecular formula is C4H9NO5S. The van der Waals surface area contributed by atoms with Crippen LogP contribution in [0.4, 0.5) is 0 Å². The molecule has 7 heteroatoms. The molecule has 0 amide bonds. The van der Waals surface area contributed by atoms with Gasteiger partial charge >= 0.3 is 5.97 Å². The standard InChI is InChI=1S/C4H9NO5S/c1-3(5)10-11(8,9)2-4(6)7/h3H,2,5H2,1H3,(H,6,7). The summed E-state index contributed by atoms with van der Waals surface area (Å²) in [5, 5.41) is 8.06. The molecule has 0 spiro atoms. The van der Waals surface area contributed by atoms with Crippen LogP contribution >= 0.6 is 0 Å². The summed E-state index contributed by atoms with van der Waals surface area (Å²) in [5.41, 5.74) is 4.96. The fraction of sp³-hybridized carbons (Fsp3) is 0.750. The first kappa shape index (κ1) is 10.3. The molecule has 3 N–H and O–H groups in total. The Balaban J connectivity index is 4.14. The Morgan fingerprint density at radius 3 is 2.45 bits per heavy atom. The van der Waals surface area contributed by atoms with E-state index < -0.39 is 28.1 Å². The van der Waals surface area contributed by atoms with Gasteiger partial charge in [0.1, 0.15) is 6.23 Å². The molecule has 0 aromatic carbocycles. The lowest BCUT2D eigenvalue weighted by Gasteiger charge is -2.04. The molecule has 0 aromatic heterocycles. The zero-order chi connectivity index (χ0) is 9.07. The summed E-state index contributed by atoms with van der Waals surface area (Å²) in [6, 6.07) is 0. The van der Waals surface area contributed by atoms with Gasteiger partial charge in [-0.05, 0) is 6.92 Å². The summed E-state index contributed by atoms with van der Waals surface area (Å²) >= 11 is 0. The van der Waals surface area contributed by atoms with Crippen LogP contribution in [0.5, 0.6) is 0 Å². The SMILES string of the molecule is CC(N)OS(=O)(=O)CC(=O)O. The molecule has 1 atom stereocenters. The molecule has 0 aromatic rings. The quantitative estimate of drug-likeness (QED) is 0.415.